The van der Waals surface area contributed by atoms with Crippen LogP contribution in [-0.2, 0) is 11.2 Å². The summed E-state index contributed by atoms with van der Waals surface area (Å²) in [5, 5.41) is 4.69. The SMILES string of the molecule is COc1cccc2c(C)cc(SC(C)C(=O)NCCc3ccccc3)nc12. The molecular formula is C22H24N2O2S. The second kappa shape index (κ2) is 8.91. The molecule has 1 heterocycles. The van der Waals surface area contributed by atoms with E-state index in [2.05, 4.69) is 24.4 Å². The standard InChI is InChI=1S/C22H24N2O2S/c1-15-14-20(24-21-18(15)10-7-11-19(21)26-3)27-16(2)22(25)23-13-12-17-8-5-4-6-9-17/h4-11,14,16H,12-13H2,1-3H3,(H,23,25). The number of ether oxygens (including phenoxy) is 1. The van der Waals surface area contributed by atoms with E-state index in [0.29, 0.717) is 6.54 Å². The maximum atomic E-state index is 12.4. The van der Waals surface area contributed by atoms with Crippen LogP contribution in [0.5, 0.6) is 5.75 Å². The molecule has 1 unspecified atom stereocenters. The summed E-state index contributed by atoms with van der Waals surface area (Å²) >= 11 is 1.47. The molecular weight excluding hydrogens is 356 g/mol. The highest BCUT2D eigenvalue weighted by molar-refractivity contribution is 8.00. The normalized spacial score (nSPS) is 12.0. The molecule has 140 valence electrons. The van der Waals surface area contributed by atoms with Gasteiger partial charge in [-0.3, -0.25) is 4.79 Å². The van der Waals surface area contributed by atoms with Gasteiger partial charge in [-0.1, -0.05) is 54.2 Å². The summed E-state index contributed by atoms with van der Waals surface area (Å²) < 4.78 is 5.43. The second-order valence-corrected chi connectivity index (χ2v) is 7.78. The molecule has 1 aromatic heterocycles. The fourth-order valence-corrected chi connectivity index (χ4v) is 3.88. The Labute approximate surface area is 164 Å². The number of aryl methyl sites for hydroxylation is 1. The third-order valence-corrected chi connectivity index (χ3v) is 5.45. The molecule has 27 heavy (non-hydrogen) atoms. The first-order chi connectivity index (χ1) is 13.1. The predicted molar refractivity (Wildman–Crippen MR) is 112 cm³/mol. The van der Waals surface area contributed by atoms with Crippen molar-refractivity contribution in [1.29, 1.82) is 0 Å². The average molecular weight is 381 g/mol. The molecule has 0 fully saturated rings. The number of amides is 1. The second-order valence-electron chi connectivity index (χ2n) is 6.42. The van der Waals surface area contributed by atoms with Crippen LogP contribution >= 0.6 is 11.8 Å². The van der Waals surface area contributed by atoms with Gasteiger partial charge in [-0.05, 0) is 43.5 Å². The molecule has 3 aromatic rings. The highest BCUT2D eigenvalue weighted by atomic mass is 32.2. The molecule has 1 N–H and O–H groups in total. The largest absolute Gasteiger partial charge is 0.494 e. The summed E-state index contributed by atoms with van der Waals surface area (Å²) in [6.07, 6.45) is 0.828. The lowest BCUT2D eigenvalue weighted by molar-refractivity contribution is -0.120. The lowest BCUT2D eigenvalue weighted by atomic mass is 10.1. The minimum atomic E-state index is -0.222. The summed E-state index contributed by atoms with van der Waals surface area (Å²) in [6, 6.07) is 18.1. The number of rotatable bonds is 7. The molecule has 4 nitrogen and oxygen atoms in total. The van der Waals surface area contributed by atoms with Crippen LogP contribution in [0, 0.1) is 6.92 Å². The van der Waals surface area contributed by atoms with Crippen molar-refractivity contribution in [3.8, 4) is 5.75 Å². The van der Waals surface area contributed by atoms with E-state index in [0.717, 1.165) is 33.7 Å². The molecule has 0 saturated heterocycles. The van der Waals surface area contributed by atoms with E-state index in [1.54, 1.807) is 7.11 Å². The summed E-state index contributed by atoms with van der Waals surface area (Å²) in [7, 11) is 1.65. The number of nitrogens with one attached hydrogen (secondary N) is 1. The Morgan fingerprint density at radius 3 is 2.70 bits per heavy atom. The number of hydrogen-bond acceptors (Lipinski definition) is 4. The molecule has 0 bridgehead atoms. The first kappa shape index (κ1) is 19.2. The summed E-state index contributed by atoms with van der Waals surface area (Å²) in [4.78, 5) is 17.1. The Bertz CT molecular complexity index is 928. The Morgan fingerprint density at radius 1 is 1.19 bits per heavy atom. The maximum Gasteiger partial charge on any atom is 0.233 e. The van der Waals surface area contributed by atoms with Gasteiger partial charge in [0.05, 0.1) is 17.4 Å². The van der Waals surface area contributed by atoms with Crippen LogP contribution in [0.25, 0.3) is 10.9 Å². The number of thioether (sulfide) groups is 1. The van der Waals surface area contributed by atoms with E-state index in [9.17, 15) is 4.79 Å². The minimum Gasteiger partial charge on any atom is -0.494 e. The number of methoxy groups -OCH3 is 1. The van der Waals surface area contributed by atoms with Crippen LogP contribution in [0.1, 0.15) is 18.1 Å². The van der Waals surface area contributed by atoms with Gasteiger partial charge in [-0.2, -0.15) is 0 Å². The fourth-order valence-electron chi connectivity index (χ4n) is 2.94. The molecule has 0 aliphatic carbocycles. The highest BCUT2D eigenvalue weighted by Gasteiger charge is 2.16. The first-order valence-electron chi connectivity index (χ1n) is 9.01. The van der Waals surface area contributed by atoms with Gasteiger partial charge in [-0.25, -0.2) is 4.98 Å². The van der Waals surface area contributed by atoms with Crippen molar-refractivity contribution in [2.45, 2.75) is 30.5 Å². The molecule has 3 rings (SSSR count). The number of benzene rings is 2. The monoisotopic (exact) mass is 380 g/mol. The smallest absolute Gasteiger partial charge is 0.233 e. The van der Waals surface area contributed by atoms with Crippen LogP contribution < -0.4 is 10.1 Å². The van der Waals surface area contributed by atoms with Crippen LogP contribution in [0.2, 0.25) is 0 Å². The van der Waals surface area contributed by atoms with Gasteiger partial charge in [0.2, 0.25) is 5.91 Å². The number of para-hydroxylation sites is 1. The third-order valence-electron chi connectivity index (χ3n) is 4.43. The van der Waals surface area contributed by atoms with Crippen molar-refractivity contribution < 1.29 is 9.53 Å². The number of carbonyl (C=O) groups excluding carboxylic acids is 1. The van der Waals surface area contributed by atoms with Crippen molar-refractivity contribution in [2.24, 2.45) is 0 Å². The molecule has 0 spiro atoms. The van der Waals surface area contributed by atoms with E-state index in [-0.39, 0.29) is 11.2 Å². The van der Waals surface area contributed by atoms with Crippen molar-refractivity contribution in [1.82, 2.24) is 10.3 Å². The molecule has 0 saturated carbocycles. The summed E-state index contributed by atoms with van der Waals surface area (Å²) in [5.74, 6) is 0.772. The predicted octanol–water partition coefficient (Wildman–Crippen LogP) is 4.39. The lowest BCUT2D eigenvalue weighted by Gasteiger charge is -2.13. The molecule has 1 amide bonds. The van der Waals surface area contributed by atoms with Crippen LogP contribution in [0.3, 0.4) is 0 Å². The Morgan fingerprint density at radius 2 is 1.96 bits per heavy atom. The van der Waals surface area contributed by atoms with E-state index < -0.39 is 0 Å². The maximum absolute atomic E-state index is 12.4. The zero-order valence-corrected chi connectivity index (χ0v) is 16.7. The number of hydrogen-bond donors (Lipinski definition) is 1. The van der Waals surface area contributed by atoms with Gasteiger partial charge < -0.3 is 10.1 Å². The molecule has 1 atom stereocenters. The van der Waals surface area contributed by atoms with Crippen molar-refractivity contribution >= 4 is 28.6 Å². The Balaban J connectivity index is 1.64. The van der Waals surface area contributed by atoms with Gasteiger partial charge in [0, 0.05) is 11.9 Å². The molecule has 2 aromatic carbocycles. The quantitative estimate of drug-likeness (QED) is 0.618. The average Bonchev–Trinajstić information content (AvgIpc) is 2.68. The third kappa shape index (κ3) is 4.80. The highest BCUT2D eigenvalue weighted by Crippen LogP contribution is 2.31. The zero-order chi connectivity index (χ0) is 19.2. The van der Waals surface area contributed by atoms with Gasteiger partial charge >= 0.3 is 0 Å². The molecule has 5 heteroatoms. The van der Waals surface area contributed by atoms with Gasteiger partial charge in [0.25, 0.3) is 0 Å². The Kier molecular flexibility index (Phi) is 6.35. The van der Waals surface area contributed by atoms with Crippen LogP contribution in [-0.4, -0.2) is 29.8 Å². The molecule has 0 aliphatic heterocycles. The van der Waals surface area contributed by atoms with Crippen LogP contribution in [0.4, 0.5) is 0 Å². The molecule has 0 aliphatic rings. The number of carbonyl (C=O) groups is 1. The number of pyridine rings is 1. The minimum absolute atomic E-state index is 0.0236. The van der Waals surface area contributed by atoms with Gasteiger partial charge in [-0.15, -0.1) is 0 Å². The molecule has 0 radical (unpaired) electrons. The van der Waals surface area contributed by atoms with Crippen molar-refractivity contribution in [2.75, 3.05) is 13.7 Å². The van der Waals surface area contributed by atoms with Gasteiger partial charge in [0.1, 0.15) is 11.3 Å². The first-order valence-corrected chi connectivity index (χ1v) is 9.89. The van der Waals surface area contributed by atoms with Gasteiger partial charge in [0.15, 0.2) is 0 Å². The van der Waals surface area contributed by atoms with E-state index in [1.807, 2.05) is 49.4 Å². The summed E-state index contributed by atoms with van der Waals surface area (Å²) in [5.41, 5.74) is 3.18. The fraction of sp³-hybridized carbons (Fsp3) is 0.273. The van der Waals surface area contributed by atoms with Crippen molar-refractivity contribution in [3.05, 3.63) is 65.7 Å². The van der Waals surface area contributed by atoms with E-state index in [1.165, 1.54) is 17.3 Å². The summed E-state index contributed by atoms with van der Waals surface area (Å²) in [6.45, 7) is 4.59. The lowest BCUT2D eigenvalue weighted by Crippen LogP contribution is -2.32. The van der Waals surface area contributed by atoms with E-state index >= 15 is 0 Å². The number of aromatic nitrogens is 1. The van der Waals surface area contributed by atoms with Crippen LogP contribution in [0.15, 0.2) is 59.6 Å². The van der Waals surface area contributed by atoms with Crippen molar-refractivity contribution in [3.63, 3.8) is 0 Å². The number of nitrogens with zero attached hydrogens (tertiary/aromatic N) is 1. The zero-order valence-electron chi connectivity index (χ0n) is 15.9. The van der Waals surface area contributed by atoms with E-state index in [4.69, 9.17) is 9.72 Å². The topological polar surface area (TPSA) is 51.2 Å². The number of fused-ring (bicyclic) bond motifs is 1. The Hall–Kier alpha value is -2.53.